The number of para-hydroxylation sites is 1. The molecule has 0 spiro atoms. The molecule has 0 radical (unpaired) electrons. The Morgan fingerprint density at radius 1 is 1.25 bits per heavy atom. The van der Waals surface area contributed by atoms with E-state index in [1.165, 1.54) is 18.2 Å². The van der Waals surface area contributed by atoms with Gasteiger partial charge < -0.3 is 4.74 Å². The van der Waals surface area contributed by atoms with E-state index in [0.717, 1.165) is 6.07 Å². The first-order chi connectivity index (χ1) is 7.31. The zero-order chi connectivity index (χ0) is 12.3. The molecular weight excluding hydrogens is 357 g/mol. The largest absolute Gasteiger partial charge is 0.573 e. The summed E-state index contributed by atoms with van der Waals surface area (Å²) in [6.07, 6.45) is -4.81. The maximum atomic E-state index is 12.0. The minimum absolute atomic E-state index is 0.140. The van der Waals surface area contributed by atoms with Gasteiger partial charge in [0, 0.05) is 0 Å². The summed E-state index contributed by atoms with van der Waals surface area (Å²) in [5.41, 5.74) is -0.140. The minimum Gasteiger partial charge on any atom is -0.405 e. The van der Waals surface area contributed by atoms with Crippen LogP contribution in [0.1, 0.15) is 10.4 Å². The van der Waals surface area contributed by atoms with E-state index in [1.807, 2.05) is 0 Å². The van der Waals surface area contributed by atoms with Gasteiger partial charge in [-0.2, -0.15) is 0 Å². The molecule has 0 amide bonds. The lowest BCUT2D eigenvalue weighted by Gasteiger charge is -2.12. The van der Waals surface area contributed by atoms with Gasteiger partial charge in [0.2, 0.25) is 0 Å². The number of hydrogen-bond acceptors (Lipinski definition) is 2. The van der Waals surface area contributed by atoms with Crippen molar-refractivity contribution in [3.05, 3.63) is 29.8 Å². The maximum absolute atomic E-state index is 12.0. The zero-order valence-electron chi connectivity index (χ0n) is 7.59. The lowest BCUT2D eigenvalue weighted by Crippen LogP contribution is -2.20. The van der Waals surface area contributed by atoms with Crippen LogP contribution < -0.4 is 4.74 Å². The SMILES string of the molecule is O=C(c1ccccc1OC(F)(F)F)C(Br)Br. The monoisotopic (exact) mass is 360 g/mol. The van der Waals surface area contributed by atoms with E-state index in [2.05, 4.69) is 36.6 Å². The molecule has 0 atom stereocenters. The maximum Gasteiger partial charge on any atom is 0.573 e. The number of carbonyl (C=O) groups is 1. The highest BCUT2D eigenvalue weighted by molar-refractivity contribution is 9.25. The Kier molecular flexibility index (Phi) is 4.37. The van der Waals surface area contributed by atoms with Crippen molar-refractivity contribution in [1.29, 1.82) is 0 Å². The summed E-state index contributed by atoms with van der Waals surface area (Å²) in [5, 5.41) is 0. The van der Waals surface area contributed by atoms with E-state index in [0.29, 0.717) is 0 Å². The second-order valence-corrected chi connectivity index (χ2v) is 5.77. The molecule has 0 aromatic heterocycles. The van der Waals surface area contributed by atoms with E-state index in [9.17, 15) is 18.0 Å². The summed E-state index contributed by atoms with van der Waals surface area (Å²) in [7, 11) is 0. The predicted octanol–water partition coefficient (Wildman–Crippen LogP) is 3.88. The summed E-state index contributed by atoms with van der Waals surface area (Å²) >= 11 is 5.84. The van der Waals surface area contributed by atoms with Gasteiger partial charge in [0.15, 0.2) is 5.78 Å². The summed E-state index contributed by atoms with van der Waals surface area (Å²) in [4.78, 5) is 11.5. The Labute approximate surface area is 106 Å². The van der Waals surface area contributed by atoms with Crippen molar-refractivity contribution in [2.45, 2.75) is 10.1 Å². The van der Waals surface area contributed by atoms with Crippen LogP contribution in [0.25, 0.3) is 0 Å². The van der Waals surface area contributed by atoms with Crippen molar-refractivity contribution in [2.24, 2.45) is 0 Å². The molecule has 0 aliphatic carbocycles. The Morgan fingerprint density at radius 2 is 1.81 bits per heavy atom. The number of ether oxygens (including phenoxy) is 1. The smallest absolute Gasteiger partial charge is 0.405 e. The van der Waals surface area contributed by atoms with Crippen molar-refractivity contribution >= 4 is 37.6 Å². The molecule has 0 saturated heterocycles. The van der Waals surface area contributed by atoms with Crippen molar-refractivity contribution in [3.8, 4) is 5.75 Å². The first kappa shape index (κ1) is 13.5. The molecule has 0 saturated carbocycles. The van der Waals surface area contributed by atoms with Crippen LogP contribution in [0.15, 0.2) is 24.3 Å². The molecule has 0 aliphatic heterocycles. The molecule has 0 unspecified atom stereocenters. The number of rotatable bonds is 3. The zero-order valence-corrected chi connectivity index (χ0v) is 10.8. The summed E-state index contributed by atoms with van der Waals surface area (Å²) in [5.74, 6) is -1.05. The molecule has 1 aromatic carbocycles. The molecule has 0 aliphatic rings. The fourth-order valence-corrected chi connectivity index (χ4v) is 1.49. The molecule has 0 bridgehead atoms. The summed E-state index contributed by atoms with van der Waals surface area (Å²) in [6, 6.07) is 5.16. The molecule has 88 valence electrons. The first-order valence-electron chi connectivity index (χ1n) is 3.98. The van der Waals surface area contributed by atoms with Crippen molar-refractivity contribution in [2.75, 3.05) is 0 Å². The second-order valence-electron chi connectivity index (χ2n) is 2.71. The van der Waals surface area contributed by atoms with Crippen LogP contribution in [0, 0.1) is 0 Å². The molecule has 1 rings (SSSR count). The van der Waals surface area contributed by atoms with Crippen molar-refractivity contribution in [1.82, 2.24) is 0 Å². The molecule has 16 heavy (non-hydrogen) atoms. The van der Waals surface area contributed by atoms with Crippen LogP contribution >= 0.6 is 31.9 Å². The van der Waals surface area contributed by atoms with E-state index >= 15 is 0 Å². The quantitative estimate of drug-likeness (QED) is 0.603. The van der Waals surface area contributed by atoms with Crippen molar-refractivity contribution in [3.63, 3.8) is 0 Å². The molecular formula is C9H5Br2F3O2. The highest BCUT2D eigenvalue weighted by Crippen LogP contribution is 2.28. The predicted molar refractivity (Wildman–Crippen MR) is 59.1 cm³/mol. The third-order valence-electron chi connectivity index (χ3n) is 1.58. The van der Waals surface area contributed by atoms with Crippen LogP contribution in [0.5, 0.6) is 5.75 Å². The van der Waals surface area contributed by atoms with Crippen LogP contribution in [-0.2, 0) is 0 Å². The summed E-state index contributed by atoms with van der Waals surface area (Å²) < 4.78 is 39.1. The normalized spacial score (nSPS) is 11.6. The van der Waals surface area contributed by atoms with Gasteiger partial charge >= 0.3 is 6.36 Å². The Hall–Kier alpha value is -0.560. The number of alkyl halides is 5. The van der Waals surface area contributed by atoms with E-state index in [-0.39, 0.29) is 5.56 Å². The Balaban J connectivity index is 3.06. The lowest BCUT2D eigenvalue weighted by molar-refractivity contribution is -0.274. The number of Topliss-reactive ketones (excluding diaryl/α,β-unsaturated/α-hetero) is 1. The van der Waals surface area contributed by atoms with E-state index in [1.54, 1.807) is 0 Å². The second kappa shape index (κ2) is 5.18. The van der Waals surface area contributed by atoms with Crippen LogP contribution in [0.2, 0.25) is 0 Å². The van der Waals surface area contributed by atoms with Gasteiger partial charge in [-0.15, -0.1) is 13.2 Å². The number of ketones is 1. The van der Waals surface area contributed by atoms with Gasteiger partial charge in [-0.3, -0.25) is 4.79 Å². The summed E-state index contributed by atoms with van der Waals surface area (Å²) in [6.45, 7) is 0. The van der Waals surface area contributed by atoms with Gasteiger partial charge in [0.05, 0.1) is 5.56 Å². The van der Waals surface area contributed by atoms with Crippen molar-refractivity contribution < 1.29 is 22.7 Å². The van der Waals surface area contributed by atoms with Crippen LogP contribution in [-0.4, -0.2) is 15.9 Å². The highest BCUT2D eigenvalue weighted by atomic mass is 79.9. The third kappa shape index (κ3) is 3.79. The first-order valence-corrected chi connectivity index (χ1v) is 5.81. The lowest BCUT2D eigenvalue weighted by atomic mass is 10.1. The Morgan fingerprint density at radius 3 is 2.31 bits per heavy atom. The fraction of sp³-hybridized carbons (Fsp3) is 0.222. The number of hydrogen-bond donors (Lipinski definition) is 0. The average Bonchev–Trinajstić information content (AvgIpc) is 2.15. The highest BCUT2D eigenvalue weighted by Gasteiger charge is 2.33. The number of carbonyl (C=O) groups excluding carboxylic acids is 1. The molecule has 0 N–H and O–H groups in total. The van der Waals surface area contributed by atoms with E-state index in [4.69, 9.17) is 0 Å². The van der Waals surface area contributed by atoms with Gasteiger partial charge in [-0.1, -0.05) is 44.0 Å². The molecule has 0 heterocycles. The molecule has 7 heteroatoms. The van der Waals surface area contributed by atoms with Crippen LogP contribution in [0.3, 0.4) is 0 Å². The molecule has 1 aromatic rings. The fourth-order valence-electron chi connectivity index (χ4n) is 1.00. The van der Waals surface area contributed by atoms with Gasteiger partial charge in [-0.25, -0.2) is 0 Å². The molecule has 0 fully saturated rings. The molecule has 2 nitrogen and oxygen atoms in total. The van der Waals surface area contributed by atoms with E-state index < -0.39 is 21.6 Å². The topological polar surface area (TPSA) is 26.3 Å². The van der Waals surface area contributed by atoms with Gasteiger partial charge in [0.25, 0.3) is 0 Å². The van der Waals surface area contributed by atoms with Gasteiger partial charge in [-0.05, 0) is 12.1 Å². The number of benzene rings is 1. The standard InChI is InChI=1S/C9H5Br2F3O2/c10-8(11)7(15)5-3-1-2-4-6(5)16-9(12,13)14/h1-4,8H. The Bertz CT molecular complexity index is 391. The average molecular weight is 362 g/mol. The minimum atomic E-state index is -4.81. The van der Waals surface area contributed by atoms with Crippen LogP contribution in [0.4, 0.5) is 13.2 Å². The van der Waals surface area contributed by atoms with Gasteiger partial charge in [0.1, 0.15) is 9.49 Å². The number of halogens is 5. The third-order valence-corrected chi connectivity index (χ3v) is 2.41.